The minimum atomic E-state index is -0.282. The largest absolute Gasteiger partial charge is 0.376 e. The SMILES string of the molecule is CCOC1CC(N)C1NC(=O)[C@@H]1CCCO1. The summed E-state index contributed by atoms with van der Waals surface area (Å²) in [7, 11) is 0. The summed E-state index contributed by atoms with van der Waals surface area (Å²) >= 11 is 0. The van der Waals surface area contributed by atoms with Gasteiger partial charge in [-0.3, -0.25) is 4.79 Å². The Kier molecular flexibility index (Phi) is 3.78. The molecule has 0 aromatic heterocycles. The lowest BCUT2D eigenvalue weighted by Gasteiger charge is -2.42. The Balaban J connectivity index is 1.80. The van der Waals surface area contributed by atoms with E-state index in [9.17, 15) is 4.79 Å². The summed E-state index contributed by atoms with van der Waals surface area (Å²) in [5.41, 5.74) is 5.85. The van der Waals surface area contributed by atoms with Crippen molar-refractivity contribution in [3.05, 3.63) is 0 Å². The van der Waals surface area contributed by atoms with Gasteiger partial charge >= 0.3 is 0 Å². The predicted octanol–water partition coefficient (Wildman–Crippen LogP) is -0.214. The van der Waals surface area contributed by atoms with Gasteiger partial charge < -0.3 is 20.5 Å². The third-order valence-electron chi connectivity index (χ3n) is 3.28. The summed E-state index contributed by atoms with van der Waals surface area (Å²) in [5, 5.41) is 2.93. The Morgan fingerprint density at radius 2 is 2.44 bits per heavy atom. The molecule has 0 aromatic rings. The van der Waals surface area contributed by atoms with Gasteiger partial charge in [-0.05, 0) is 26.2 Å². The molecule has 1 aliphatic carbocycles. The van der Waals surface area contributed by atoms with Crippen molar-refractivity contribution in [3.63, 3.8) is 0 Å². The van der Waals surface area contributed by atoms with Crippen LogP contribution < -0.4 is 11.1 Å². The van der Waals surface area contributed by atoms with E-state index in [1.165, 1.54) is 0 Å². The van der Waals surface area contributed by atoms with Crippen LogP contribution in [0.1, 0.15) is 26.2 Å². The summed E-state index contributed by atoms with van der Waals surface area (Å²) in [4.78, 5) is 11.8. The lowest BCUT2D eigenvalue weighted by molar-refractivity contribution is -0.134. The molecule has 5 heteroatoms. The Bertz CT molecular complexity index is 252. The monoisotopic (exact) mass is 228 g/mol. The first-order valence-corrected chi connectivity index (χ1v) is 6.01. The van der Waals surface area contributed by atoms with Crippen molar-refractivity contribution < 1.29 is 14.3 Å². The minimum Gasteiger partial charge on any atom is -0.376 e. The second-order valence-corrected chi connectivity index (χ2v) is 4.43. The summed E-state index contributed by atoms with van der Waals surface area (Å²) < 4.78 is 10.8. The Morgan fingerprint density at radius 1 is 1.62 bits per heavy atom. The van der Waals surface area contributed by atoms with Crippen molar-refractivity contribution in [3.8, 4) is 0 Å². The van der Waals surface area contributed by atoms with Crippen LogP contribution in [-0.2, 0) is 14.3 Å². The highest BCUT2D eigenvalue weighted by atomic mass is 16.5. The highest BCUT2D eigenvalue weighted by Crippen LogP contribution is 2.23. The number of nitrogens with two attached hydrogens (primary N) is 1. The summed E-state index contributed by atoms with van der Waals surface area (Å²) in [6.45, 7) is 3.29. The zero-order chi connectivity index (χ0) is 11.5. The molecular formula is C11H20N2O3. The van der Waals surface area contributed by atoms with E-state index in [2.05, 4.69) is 5.32 Å². The fourth-order valence-electron chi connectivity index (χ4n) is 2.27. The molecule has 0 radical (unpaired) electrons. The minimum absolute atomic E-state index is 0.0157. The number of hydrogen-bond donors (Lipinski definition) is 2. The van der Waals surface area contributed by atoms with E-state index in [1.54, 1.807) is 0 Å². The average molecular weight is 228 g/mol. The van der Waals surface area contributed by atoms with E-state index in [-0.39, 0.29) is 30.2 Å². The van der Waals surface area contributed by atoms with Crippen molar-refractivity contribution in [1.82, 2.24) is 5.32 Å². The van der Waals surface area contributed by atoms with Gasteiger partial charge in [-0.25, -0.2) is 0 Å². The molecule has 2 rings (SSSR count). The number of hydrogen-bond acceptors (Lipinski definition) is 4. The molecule has 2 fully saturated rings. The number of ether oxygens (including phenoxy) is 2. The quantitative estimate of drug-likeness (QED) is 0.698. The van der Waals surface area contributed by atoms with Crippen molar-refractivity contribution >= 4 is 5.91 Å². The molecule has 1 heterocycles. The van der Waals surface area contributed by atoms with Crippen molar-refractivity contribution in [1.29, 1.82) is 0 Å². The van der Waals surface area contributed by atoms with Crippen LogP contribution in [0, 0.1) is 0 Å². The van der Waals surface area contributed by atoms with Gasteiger partial charge in [0.05, 0.1) is 12.1 Å². The summed E-state index contributed by atoms with van der Waals surface area (Å²) in [5.74, 6) is -0.0395. The Morgan fingerprint density at radius 3 is 3.00 bits per heavy atom. The zero-order valence-corrected chi connectivity index (χ0v) is 9.65. The molecule has 92 valence electrons. The topological polar surface area (TPSA) is 73.6 Å². The molecule has 0 spiro atoms. The van der Waals surface area contributed by atoms with Crippen LogP contribution in [0.25, 0.3) is 0 Å². The first-order chi connectivity index (χ1) is 7.72. The van der Waals surface area contributed by atoms with Crippen molar-refractivity contribution in [2.24, 2.45) is 5.73 Å². The molecular weight excluding hydrogens is 208 g/mol. The second kappa shape index (κ2) is 5.12. The molecule has 16 heavy (non-hydrogen) atoms. The molecule has 1 saturated heterocycles. The number of amides is 1. The fraction of sp³-hybridized carbons (Fsp3) is 0.909. The fourth-order valence-corrected chi connectivity index (χ4v) is 2.27. The standard InChI is InChI=1S/C11H20N2O3/c1-2-15-9-6-7(12)10(9)13-11(14)8-4-3-5-16-8/h7-10H,2-6,12H2,1H3,(H,13,14)/t7?,8-,9?,10?/m0/s1. The zero-order valence-electron chi connectivity index (χ0n) is 9.65. The molecule has 0 aromatic carbocycles. The van der Waals surface area contributed by atoms with Crippen LogP contribution in [-0.4, -0.2) is 43.4 Å². The van der Waals surface area contributed by atoms with E-state index in [0.717, 1.165) is 19.3 Å². The lowest BCUT2D eigenvalue weighted by atomic mass is 9.83. The predicted molar refractivity (Wildman–Crippen MR) is 58.9 cm³/mol. The molecule has 3 unspecified atom stereocenters. The van der Waals surface area contributed by atoms with E-state index >= 15 is 0 Å². The van der Waals surface area contributed by atoms with E-state index < -0.39 is 0 Å². The van der Waals surface area contributed by atoms with Gasteiger partial charge in [-0.1, -0.05) is 0 Å². The second-order valence-electron chi connectivity index (χ2n) is 4.43. The van der Waals surface area contributed by atoms with Gasteiger partial charge in [0.2, 0.25) is 5.91 Å². The maximum Gasteiger partial charge on any atom is 0.249 e. The maximum absolute atomic E-state index is 11.8. The van der Waals surface area contributed by atoms with E-state index in [1.807, 2.05) is 6.92 Å². The third kappa shape index (κ3) is 2.36. The highest BCUT2D eigenvalue weighted by molar-refractivity contribution is 5.81. The third-order valence-corrected chi connectivity index (χ3v) is 3.28. The van der Waals surface area contributed by atoms with Gasteiger partial charge in [-0.15, -0.1) is 0 Å². The van der Waals surface area contributed by atoms with Gasteiger partial charge in [-0.2, -0.15) is 0 Å². The first kappa shape index (κ1) is 11.8. The number of carbonyl (C=O) groups is 1. The van der Waals surface area contributed by atoms with Gasteiger partial charge in [0.25, 0.3) is 0 Å². The van der Waals surface area contributed by atoms with Gasteiger partial charge in [0.1, 0.15) is 6.10 Å². The average Bonchev–Trinajstić information content (AvgIpc) is 2.79. The molecule has 3 N–H and O–H groups in total. The molecule has 2 aliphatic rings. The normalized spacial score (nSPS) is 38.1. The highest BCUT2D eigenvalue weighted by Gasteiger charge is 2.41. The van der Waals surface area contributed by atoms with Crippen LogP contribution in [0.5, 0.6) is 0 Å². The van der Waals surface area contributed by atoms with Crippen LogP contribution in [0.15, 0.2) is 0 Å². The molecule has 1 saturated carbocycles. The lowest BCUT2D eigenvalue weighted by Crippen LogP contribution is -2.65. The maximum atomic E-state index is 11.8. The van der Waals surface area contributed by atoms with Gasteiger partial charge in [0.15, 0.2) is 0 Å². The molecule has 5 nitrogen and oxygen atoms in total. The smallest absolute Gasteiger partial charge is 0.249 e. The number of rotatable bonds is 4. The molecule has 4 atom stereocenters. The Labute approximate surface area is 95.7 Å². The summed E-state index contributed by atoms with van der Waals surface area (Å²) in [6, 6.07) is -0.0291. The van der Waals surface area contributed by atoms with Crippen LogP contribution in [0.3, 0.4) is 0 Å². The molecule has 0 bridgehead atoms. The molecule has 1 amide bonds. The number of nitrogens with one attached hydrogen (secondary N) is 1. The first-order valence-electron chi connectivity index (χ1n) is 6.01. The van der Waals surface area contributed by atoms with Crippen LogP contribution in [0.4, 0.5) is 0 Å². The van der Waals surface area contributed by atoms with Crippen molar-refractivity contribution in [2.45, 2.75) is 50.5 Å². The van der Waals surface area contributed by atoms with Gasteiger partial charge in [0, 0.05) is 19.3 Å². The van der Waals surface area contributed by atoms with E-state index in [0.29, 0.717) is 13.2 Å². The Hall–Kier alpha value is -0.650. The molecule has 1 aliphatic heterocycles. The van der Waals surface area contributed by atoms with E-state index in [4.69, 9.17) is 15.2 Å². The summed E-state index contributed by atoms with van der Waals surface area (Å²) in [6.07, 6.45) is 2.39. The van der Waals surface area contributed by atoms with Crippen LogP contribution in [0.2, 0.25) is 0 Å². The van der Waals surface area contributed by atoms with Crippen molar-refractivity contribution in [2.75, 3.05) is 13.2 Å². The number of carbonyl (C=O) groups excluding carboxylic acids is 1. The van der Waals surface area contributed by atoms with Crippen LogP contribution >= 0.6 is 0 Å².